The first-order chi connectivity index (χ1) is 10.0. The van der Waals surface area contributed by atoms with E-state index in [9.17, 15) is 8.78 Å². The van der Waals surface area contributed by atoms with Crippen molar-refractivity contribution in [1.82, 2.24) is 0 Å². The van der Waals surface area contributed by atoms with Crippen molar-refractivity contribution >= 4 is 27.5 Å². The second-order valence-electron chi connectivity index (χ2n) is 4.27. The fraction of sp³-hybridized carbons (Fsp3) is 0.200. The van der Waals surface area contributed by atoms with E-state index in [-0.39, 0.29) is 12.2 Å². The van der Waals surface area contributed by atoms with E-state index >= 15 is 0 Å². The van der Waals surface area contributed by atoms with Crippen LogP contribution in [0.2, 0.25) is 0 Å². The Balaban J connectivity index is 2.23. The third-order valence-electron chi connectivity index (χ3n) is 2.83. The van der Waals surface area contributed by atoms with Crippen LogP contribution in [-0.2, 0) is 12.5 Å². The molecule has 2 aromatic rings. The molecule has 0 unspecified atom stereocenters. The van der Waals surface area contributed by atoms with E-state index in [0.717, 1.165) is 11.6 Å². The van der Waals surface area contributed by atoms with Gasteiger partial charge in [0, 0.05) is 17.5 Å². The van der Waals surface area contributed by atoms with Crippen LogP contribution in [0.5, 0.6) is 11.5 Å². The molecule has 0 N–H and O–H groups in total. The molecule has 0 amide bonds. The van der Waals surface area contributed by atoms with E-state index in [1.165, 1.54) is 19.2 Å². The van der Waals surface area contributed by atoms with Crippen LogP contribution in [-0.4, -0.2) is 7.11 Å². The molecule has 0 saturated heterocycles. The molecular weight excluding hydrogens is 366 g/mol. The molecule has 0 spiro atoms. The molecule has 2 rings (SSSR count). The first kappa shape index (κ1) is 16.0. The molecule has 21 heavy (non-hydrogen) atoms. The van der Waals surface area contributed by atoms with Crippen molar-refractivity contribution in [3.8, 4) is 11.5 Å². The SMILES string of the molecule is COc1cc(CCl)cc(Br)c1OCc1ccc(F)cc1F. The van der Waals surface area contributed by atoms with Crippen LogP contribution in [0.25, 0.3) is 0 Å². The predicted octanol–water partition coefficient (Wildman–Crippen LogP) is 5.05. The average molecular weight is 378 g/mol. The van der Waals surface area contributed by atoms with Gasteiger partial charge in [-0.05, 0) is 45.8 Å². The van der Waals surface area contributed by atoms with Gasteiger partial charge in [-0.1, -0.05) is 0 Å². The second-order valence-corrected chi connectivity index (χ2v) is 5.39. The van der Waals surface area contributed by atoms with Crippen molar-refractivity contribution in [2.24, 2.45) is 0 Å². The molecule has 0 bridgehead atoms. The Bertz CT molecular complexity index is 650. The highest BCUT2D eigenvalue weighted by molar-refractivity contribution is 9.10. The normalized spacial score (nSPS) is 10.5. The number of rotatable bonds is 5. The summed E-state index contributed by atoms with van der Waals surface area (Å²) in [7, 11) is 1.51. The maximum atomic E-state index is 13.6. The van der Waals surface area contributed by atoms with E-state index in [1.807, 2.05) is 0 Å². The van der Waals surface area contributed by atoms with Gasteiger partial charge in [-0.25, -0.2) is 8.78 Å². The fourth-order valence-corrected chi connectivity index (χ4v) is 2.54. The van der Waals surface area contributed by atoms with Crippen molar-refractivity contribution in [3.63, 3.8) is 0 Å². The number of hydrogen-bond acceptors (Lipinski definition) is 2. The summed E-state index contributed by atoms with van der Waals surface area (Å²) in [4.78, 5) is 0. The van der Waals surface area contributed by atoms with Crippen molar-refractivity contribution in [2.75, 3.05) is 7.11 Å². The summed E-state index contributed by atoms with van der Waals surface area (Å²) in [5, 5.41) is 0. The minimum Gasteiger partial charge on any atom is -0.493 e. The number of halogens is 4. The molecule has 0 aliphatic carbocycles. The van der Waals surface area contributed by atoms with E-state index in [1.54, 1.807) is 12.1 Å². The lowest BCUT2D eigenvalue weighted by Crippen LogP contribution is -2.01. The molecule has 2 nitrogen and oxygen atoms in total. The summed E-state index contributed by atoms with van der Waals surface area (Å²) in [5.41, 5.74) is 1.12. The van der Waals surface area contributed by atoms with Crippen LogP contribution >= 0.6 is 27.5 Å². The Morgan fingerprint density at radius 3 is 2.57 bits per heavy atom. The highest BCUT2D eigenvalue weighted by Crippen LogP contribution is 2.37. The van der Waals surface area contributed by atoms with E-state index in [2.05, 4.69) is 15.9 Å². The van der Waals surface area contributed by atoms with E-state index in [4.69, 9.17) is 21.1 Å². The molecular formula is C15H12BrClF2O2. The van der Waals surface area contributed by atoms with Gasteiger partial charge in [-0.3, -0.25) is 0 Å². The van der Waals surface area contributed by atoms with Crippen LogP contribution in [0.15, 0.2) is 34.8 Å². The van der Waals surface area contributed by atoms with Crippen molar-refractivity contribution < 1.29 is 18.3 Å². The maximum Gasteiger partial charge on any atom is 0.175 e. The van der Waals surface area contributed by atoms with Gasteiger partial charge in [0.25, 0.3) is 0 Å². The van der Waals surface area contributed by atoms with Gasteiger partial charge in [0.05, 0.1) is 11.6 Å². The Labute approximate surface area is 134 Å². The van der Waals surface area contributed by atoms with Gasteiger partial charge in [0.2, 0.25) is 0 Å². The van der Waals surface area contributed by atoms with Crippen molar-refractivity contribution in [3.05, 3.63) is 57.6 Å². The molecule has 0 heterocycles. The fourth-order valence-electron chi connectivity index (χ4n) is 1.78. The third-order valence-corrected chi connectivity index (χ3v) is 3.73. The molecule has 112 valence electrons. The van der Waals surface area contributed by atoms with Gasteiger partial charge in [0.15, 0.2) is 11.5 Å². The van der Waals surface area contributed by atoms with Gasteiger partial charge in [-0.2, -0.15) is 0 Å². The quantitative estimate of drug-likeness (QED) is 0.679. The number of hydrogen-bond donors (Lipinski definition) is 0. The maximum absolute atomic E-state index is 13.6. The van der Waals surface area contributed by atoms with Gasteiger partial charge < -0.3 is 9.47 Å². The third kappa shape index (κ3) is 3.86. The minimum absolute atomic E-state index is 0.0404. The summed E-state index contributed by atoms with van der Waals surface area (Å²) >= 11 is 9.15. The topological polar surface area (TPSA) is 18.5 Å². The smallest absolute Gasteiger partial charge is 0.175 e. The molecule has 0 fully saturated rings. The summed E-state index contributed by atoms with van der Waals surface area (Å²) in [6, 6.07) is 6.89. The average Bonchev–Trinajstić information content (AvgIpc) is 2.46. The molecule has 0 atom stereocenters. The minimum atomic E-state index is -0.650. The van der Waals surface area contributed by atoms with Gasteiger partial charge in [0.1, 0.15) is 18.2 Å². The lowest BCUT2D eigenvalue weighted by Gasteiger charge is -2.14. The number of alkyl halides is 1. The number of methoxy groups -OCH3 is 1. The van der Waals surface area contributed by atoms with Gasteiger partial charge in [-0.15, -0.1) is 11.6 Å². The van der Waals surface area contributed by atoms with Crippen LogP contribution < -0.4 is 9.47 Å². The number of benzene rings is 2. The van der Waals surface area contributed by atoms with Crippen molar-refractivity contribution in [1.29, 1.82) is 0 Å². The van der Waals surface area contributed by atoms with Gasteiger partial charge >= 0.3 is 0 Å². The zero-order valence-electron chi connectivity index (χ0n) is 11.1. The van der Waals surface area contributed by atoms with E-state index in [0.29, 0.717) is 21.9 Å². The molecule has 0 saturated carbocycles. The highest BCUT2D eigenvalue weighted by atomic mass is 79.9. The highest BCUT2D eigenvalue weighted by Gasteiger charge is 2.13. The lowest BCUT2D eigenvalue weighted by atomic mass is 10.2. The van der Waals surface area contributed by atoms with Crippen LogP contribution in [0.3, 0.4) is 0 Å². The first-order valence-electron chi connectivity index (χ1n) is 6.04. The Kier molecular flexibility index (Phi) is 5.42. The predicted molar refractivity (Wildman–Crippen MR) is 80.9 cm³/mol. The second kappa shape index (κ2) is 7.09. The van der Waals surface area contributed by atoms with E-state index < -0.39 is 11.6 Å². The lowest BCUT2D eigenvalue weighted by molar-refractivity contribution is 0.277. The standard InChI is InChI=1S/C15H12BrClF2O2/c1-20-14-5-9(7-17)4-12(16)15(14)21-8-10-2-3-11(18)6-13(10)19/h2-6H,7-8H2,1H3. The summed E-state index contributed by atoms with van der Waals surface area (Å²) < 4.78 is 37.9. The molecule has 6 heteroatoms. The monoisotopic (exact) mass is 376 g/mol. The Morgan fingerprint density at radius 1 is 1.19 bits per heavy atom. The molecule has 0 aliphatic rings. The van der Waals surface area contributed by atoms with Crippen LogP contribution in [0, 0.1) is 11.6 Å². The molecule has 0 aromatic heterocycles. The van der Waals surface area contributed by atoms with Crippen LogP contribution in [0.4, 0.5) is 8.78 Å². The Morgan fingerprint density at radius 2 is 1.95 bits per heavy atom. The molecule has 2 aromatic carbocycles. The summed E-state index contributed by atoms with van der Waals surface area (Å²) in [6.07, 6.45) is 0. The van der Waals surface area contributed by atoms with Crippen molar-refractivity contribution in [2.45, 2.75) is 12.5 Å². The largest absolute Gasteiger partial charge is 0.493 e. The number of ether oxygens (including phenoxy) is 2. The zero-order chi connectivity index (χ0) is 15.4. The summed E-state index contributed by atoms with van der Waals surface area (Å²) in [6.45, 7) is -0.0404. The first-order valence-corrected chi connectivity index (χ1v) is 7.37. The zero-order valence-corrected chi connectivity index (χ0v) is 13.5. The molecule has 0 aliphatic heterocycles. The van der Waals surface area contributed by atoms with Crippen LogP contribution in [0.1, 0.15) is 11.1 Å². The Hall–Kier alpha value is -1.33. The molecule has 0 radical (unpaired) electrons. The summed E-state index contributed by atoms with van der Waals surface area (Å²) in [5.74, 6) is -0.0106.